The van der Waals surface area contributed by atoms with Crippen molar-refractivity contribution in [3.8, 4) is 5.69 Å². The molecule has 1 aliphatic rings. The Morgan fingerprint density at radius 3 is 3.04 bits per heavy atom. The molecular formula is C16H17FN4S2. The van der Waals surface area contributed by atoms with E-state index in [-0.39, 0.29) is 5.82 Å². The number of rotatable bonds is 4. The van der Waals surface area contributed by atoms with Crippen molar-refractivity contribution in [3.63, 3.8) is 0 Å². The average molecular weight is 348 g/mol. The summed E-state index contributed by atoms with van der Waals surface area (Å²) in [5.41, 5.74) is 3.20. The van der Waals surface area contributed by atoms with Crippen LogP contribution in [0.3, 0.4) is 0 Å². The van der Waals surface area contributed by atoms with Gasteiger partial charge in [0, 0.05) is 17.4 Å². The van der Waals surface area contributed by atoms with Crippen LogP contribution in [0.2, 0.25) is 0 Å². The van der Waals surface area contributed by atoms with Crippen LogP contribution in [0.4, 0.5) is 4.39 Å². The summed E-state index contributed by atoms with van der Waals surface area (Å²) in [5.74, 6) is 1.78. The van der Waals surface area contributed by atoms with E-state index in [4.69, 9.17) is 12.2 Å². The Morgan fingerprint density at radius 2 is 2.35 bits per heavy atom. The minimum Gasteiger partial charge on any atom is -0.374 e. The van der Waals surface area contributed by atoms with Gasteiger partial charge in [0.05, 0.1) is 23.4 Å². The van der Waals surface area contributed by atoms with Crippen molar-refractivity contribution >= 4 is 34.5 Å². The molecule has 23 heavy (non-hydrogen) atoms. The van der Waals surface area contributed by atoms with Crippen LogP contribution in [0.25, 0.3) is 11.3 Å². The molecule has 0 bridgehead atoms. The molecule has 0 unspecified atom stereocenters. The summed E-state index contributed by atoms with van der Waals surface area (Å²) in [6, 6.07) is 5.21. The molecule has 0 aliphatic carbocycles. The predicted molar refractivity (Wildman–Crippen MR) is 96.3 cm³/mol. The van der Waals surface area contributed by atoms with Crippen LogP contribution in [-0.4, -0.2) is 31.5 Å². The maximum atomic E-state index is 14.4. The molecule has 120 valence electrons. The van der Waals surface area contributed by atoms with Gasteiger partial charge in [-0.2, -0.15) is 11.8 Å². The molecule has 0 spiro atoms. The van der Waals surface area contributed by atoms with Gasteiger partial charge < -0.3 is 5.32 Å². The molecule has 2 heterocycles. The zero-order chi connectivity index (χ0) is 16.2. The lowest BCUT2D eigenvalue weighted by molar-refractivity contribution is 0.620. The second-order valence-electron chi connectivity index (χ2n) is 5.28. The second kappa shape index (κ2) is 7.23. The molecule has 1 aromatic carbocycles. The molecule has 3 rings (SSSR count). The lowest BCUT2D eigenvalue weighted by Crippen LogP contribution is -2.17. The largest absolute Gasteiger partial charge is 0.374 e. The first kappa shape index (κ1) is 16.1. The van der Waals surface area contributed by atoms with Gasteiger partial charge in [0.15, 0.2) is 0 Å². The van der Waals surface area contributed by atoms with Gasteiger partial charge in [0.2, 0.25) is 0 Å². The topological polar surface area (TPSA) is 42.7 Å². The zero-order valence-electron chi connectivity index (χ0n) is 12.8. The number of hydrogen-bond donors (Lipinski definition) is 1. The summed E-state index contributed by atoms with van der Waals surface area (Å²) in [6.45, 7) is 2.33. The highest BCUT2D eigenvalue weighted by atomic mass is 32.2. The number of hydrogen-bond acceptors (Lipinski definition) is 4. The Hall–Kier alpha value is -1.73. The first-order chi connectivity index (χ1) is 11.1. The van der Waals surface area contributed by atoms with Crippen molar-refractivity contribution in [3.05, 3.63) is 47.5 Å². The number of thiocarbonyl (C=S) groups is 1. The van der Waals surface area contributed by atoms with Crippen molar-refractivity contribution in [2.45, 2.75) is 19.9 Å². The number of thioether (sulfide) groups is 1. The van der Waals surface area contributed by atoms with E-state index < -0.39 is 0 Å². The van der Waals surface area contributed by atoms with Gasteiger partial charge in [-0.3, -0.25) is 0 Å². The van der Waals surface area contributed by atoms with E-state index in [2.05, 4.69) is 21.7 Å². The third kappa shape index (κ3) is 3.97. The molecule has 1 aromatic heterocycles. The SMILES string of the molecule is CC(=S)NCc1cn(-c2ccc(C3=CCSCC3)c(F)c2)nn1. The second-order valence-corrected chi connectivity index (χ2v) is 7.04. The van der Waals surface area contributed by atoms with E-state index in [1.165, 1.54) is 6.07 Å². The van der Waals surface area contributed by atoms with Gasteiger partial charge in [-0.25, -0.2) is 9.07 Å². The van der Waals surface area contributed by atoms with Gasteiger partial charge in [-0.15, -0.1) is 5.10 Å². The molecule has 0 atom stereocenters. The Kier molecular flexibility index (Phi) is 5.07. The molecule has 0 fully saturated rings. The highest BCUT2D eigenvalue weighted by molar-refractivity contribution is 7.99. The third-order valence-corrected chi connectivity index (χ3v) is 4.63. The van der Waals surface area contributed by atoms with E-state index in [9.17, 15) is 4.39 Å². The molecule has 7 heteroatoms. The number of allylic oxidation sites excluding steroid dienone is 1. The van der Waals surface area contributed by atoms with Crippen molar-refractivity contribution in [1.82, 2.24) is 20.3 Å². The number of nitrogens with zero attached hydrogens (tertiary/aromatic N) is 3. The van der Waals surface area contributed by atoms with Gasteiger partial charge >= 0.3 is 0 Å². The van der Waals surface area contributed by atoms with Gasteiger partial charge in [0.25, 0.3) is 0 Å². The zero-order valence-corrected chi connectivity index (χ0v) is 14.4. The van der Waals surface area contributed by atoms with E-state index >= 15 is 0 Å². The fourth-order valence-corrected chi connectivity index (χ4v) is 3.32. The fraction of sp³-hybridized carbons (Fsp3) is 0.312. The Bertz CT molecular complexity index is 754. The number of aromatic nitrogens is 3. The third-order valence-electron chi connectivity index (χ3n) is 3.59. The summed E-state index contributed by atoms with van der Waals surface area (Å²) in [5, 5.41) is 11.1. The molecule has 4 nitrogen and oxygen atoms in total. The highest BCUT2D eigenvalue weighted by Crippen LogP contribution is 2.28. The molecule has 1 aliphatic heterocycles. The Labute approximate surface area is 144 Å². The van der Waals surface area contributed by atoms with Crippen LogP contribution < -0.4 is 5.32 Å². The quantitative estimate of drug-likeness (QED) is 0.858. The lowest BCUT2D eigenvalue weighted by Gasteiger charge is -2.14. The molecule has 2 aromatic rings. The lowest BCUT2D eigenvalue weighted by atomic mass is 10.0. The maximum Gasteiger partial charge on any atom is 0.132 e. The summed E-state index contributed by atoms with van der Waals surface area (Å²) in [4.78, 5) is 0.703. The fourth-order valence-electron chi connectivity index (χ4n) is 2.40. The summed E-state index contributed by atoms with van der Waals surface area (Å²) >= 11 is 6.84. The van der Waals surface area contributed by atoms with E-state index in [0.29, 0.717) is 22.8 Å². The standard InChI is InChI=1S/C16H17FN4S2/c1-11(22)18-9-13-10-21(20-19-13)14-2-3-15(16(17)8-14)12-4-6-23-7-5-12/h2-4,8,10H,5-7,9H2,1H3,(H,18,22). The average Bonchev–Trinajstić information content (AvgIpc) is 3.02. The monoisotopic (exact) mass is 348 g/mol. The van der Waals surface area contributed by atoms with Crippen molar-refractivity contribution in [1.29, 1.82) is 0 Å². The number of benzene rings is 1. The van der Waals surface area contributed by atoms with Crippen LogP contribution >= 0.6 is 24.0 Å². The molecule has 1 N–H and O–H groups in total. The predicted octanol–water partition coefficient (Wildman–Crippen LogP) is 3.36. The van der Waals surface area contributed by atoms with Crippen LogP contribution in [0, 0.1) is 5.82 Å². The highest BCUT2D eigenvalue weighted by Gasteiger charge is 2.12. The van der Waals surface area contributed by atoms with Crippen molar-refractivity contribution in [2.75, 3.05) is 11.5 Å². The molecule has 0 saturated heterocycles. The normalized spacial score (nSPS) is 14.4. The van der Waals surface area contributed by atoms with Crippen LogP contribution in [0.1, 0.15) is 24.6 Å². The maximum absolute atomic E-state index is 14.4. The molecule has 0 saturated carbocycles. The van der Waals surface area contributed by atoms with Gasteiger partial charge in [0.1, 0.15) is 11.5 Å². The van der Waals surface area contributed by atoms with E-state index in [0.717, 1.165) is 29.2 Å². The van der Waals surface area contributed by atoms with Crippen LogP contribution in [0.15, 0.2) is 30.5 Å². The van der Waals surface area contributed by atoms with E-state index in [1.54, 1.807) is 10.9 Å². The molecule has 0 amide bonds. The summed E-state index contributed by atoms with van der Waals surface area (Å²) < 4.78 is 16.0. The van der Waals surface area contributed by atoms with E-state index in [1.807, 2.05) is 30.8 Å². The first-order valence-electron chi connectivity index (χ1n) is 7.36. The van der Waals surface area contributed by atoms with Crippen LogP contribution in [0.5, 0.6) is 0 Å². The van der Waals surface area contributed by atoms with Gasteiger partial charge in [-0.05, 0) is 36.8 Å². The molecule has 0 radical (unpaired) electrons. The Morgan fingerprint density at radius 1 is 1.48 bits per heavy atom. The first-order valence-corrected chi connectivity index (χ1v) is 8.92. The number of nitrogens with one attached hydrogen (secondary N) is 1. The minimum atomic E-state index is -0.217. The van der Waals surface area contributed by atoms with Crippen molar-refractivity contribution < 1.29 is 4.39 Å². The Balaban J connectivity index is 1.80. The van der Waals surface area contributed by atoms with Crippen LogP contribution in [-0.2, 0) is 6.54 Å². The van der Waals surface area contributed by atoms with Gasteiger partial charge in [-0.1, -0.05) is 23.5 Å². The number of halogens is 1. The summed E-state index contributed by atoms with van der Waals surface area (Å²) in [6.07, 6.45) is 4.80. The smallest absolute Gasteiger partial charge is 0.132 e. The minimum absolute atomic E-state index is 0.217. The van der Waals surface area contributed by atoms with Crippen molar-refractivity contribution in [2.24, 2.45) is 0 Å². The molecular weight excluding hydrogens is 331 g/mol. The summed E-state index contributed by atoms with van der Waals surface area (Å²) in [7, 11) is 0.